The first-order valence-electron chi connectivity index (χ1n) is 9.48. The summed E-state index contributed by atoms with van der Waals surface area (Å²) in [5.74, 6) is -1.34. The molecule has 10 heteroatoms. The fourth-order valence-electron chi connectivity index (χ4n) is 3.49. The molecule has 0 radical (unpaired) electrons. The predicted octanol–water partition coefficient (Wildman–Crippen LogP) is 1.37. The van der Waals surface area contributed by atoms with Gasteiger partial charge in [0.2, 0.25) is 15.9 Å². The van der Waals surface area contributed by atoms with E-state index in [1.165, 1.54) is 28.1 Å². The van der Waals surface area contributed by atoms with Crippen molar-refractivity contribution in [2.24, 2.45) is 18.7 Å². The lowest BCUT2D eigenvalue weighted by Gasteiger charge is -2.30. The molecule has 1 aliphatic rings. The molecular formula is C20H24N4O5S. The molecule has 0 atom stereocenters. The molecule has 2 aromatic rings. The van der Waals surface area contributed by atoms with Crippen LogP contribution in [0.5, 0.6) is 0 Å². The van der Waals surface area contributed by atoms with Gasteiger partial charge in [-0.1, -0.05) is 12.1 Å². The Labute approximate surface area is 174 Å². The molecule has 0 spiro atoms. The third-order valence-corrected chi connectivity index (χ3v) is 7.10. The second-order valence-electron chi connectivity index (χ2n) is 7.34. The Balaban J connectivity index is 1.64. The van der Waals surface area contributed by atoms with Gasteiger partial charge >= 0.3 is 0 Å². The number of carbonyl (C=O) groups excluding carboxylic acids is 3. The average Bonchev–Trinajstić information content (AvgIpc) is 3.11. The topological polar surface area (TPSA) is 132 Å². The normalized spacial score (nSPS) is 15.7. The lowest BCUT2D eigenvalue weighted by molar-refractivity contribution is -0.120. The SMILES string of the molecule is CC(=O)c1cccc(NC(=O)C2CCN(S(=O)(=O)c3cc(C(N)=O)n(C)c3)CC2)c1. The van der Waals surface area contributed by atoms with Gasteiger partial charge in [-0.3, -0.25) is 14.4 Å². The van der Waals surface area contributed by atoms with Gasteiger partial charge in [0.15, 0.2) is 5.78 Å². The average molecular weight is 433 g/mol. The highest BCUT2D eigenvalue weighted by Gasteiger charge is 2.33. The van der Waals surface area contributed by atoms with E-state index in [9.17, 15) is 22.8 Å². The molecule has 9 nitrogen and oxygen atoms in total. The van der Waals surface area contributed by atoms with Crippen molar-refractivity contribution in [2.75, 3.05) is 18.4 Å². The van der Waals surface area contributed by atoms with Crippen molar-refractivity contribution < 1.29 is 22.8 Å². The first-order valence-corrected chi connectivity index (χ1v) is 10.9. The molecule has 1 saturated heterocycles. The molecule has 2 heterocycles. The number of aromatic nitrogens is 1. The van der Waals surface area contributed by atoms with Crippen molar-refractivity contribution in [1.82, 2.24) is 8.87 Å². The van der Waals surface area contributed by atoms with Crippen LogP contribution in [0.4, 0.5) is 5.69 Å². The second kappa shape index (κ2) is 8.41. The third kappa shape index (κ3) is 4.44. The number of carbonyl (C=O) groups is 3. The second-order valence-corrected chi connectivity index (χ2v) is 9.28. The monoisotopic (exact) mass is 432 g/mol. The summed E-state index contributed by atoms with van der Waals surface area (Å²) in [5.41, 5.74) is 6.41. The molecule has 0 unspecified atom stereocenters. The Morgan fingerprint density at radius 2 is 1.80 bits per heavy atom. The summed E-state index contributed by atoms with van der Waals surface area (Å²) in [6.45, 7) is 1.83. The van der Waals surface area contributed by atoms with E-state index in [1.54, 1.807) is 31.3 Å². The van der Waals surface area contributed by atoms with Crippen molar-refractivity contribution in [2.45, 2.75) is 24.7 Å². The number of aryl methyl sites for hydroxylation is 1. The van der Waals surface area contributed by atoms with E-state index in [0.717, 1.165) is 0 Å². The lowest BCUT2D eigenvalue weighted by atomic mass is 9.97. The number of nitrogens with one attached hydrogen (secondary N) is 1. The summed E-state index contributed by atoms with van der Waals surface area (Å²) in [7, 11) is -2.23. The number of nitrogens with zero attached hydrogens (tertiary/aromatic N) is 2. The molecule has 3 rings (SSSR count). The molecule has 30 heavy (non-hydrogen) atoms. The molecule has 0 bridgehead atoms. The quantitative estimate of drug-likeness (QED) is 0.666. The van der Waals surface area contributed by atoms with Gasteiger partial charge < -0.3 is 15.6 Å². The van der Waals surface area contributed by atoms with Crippen molar-refractivity contribution in [3.8, 4) is 0 Å². The predicted molar refractivity (Wildman–Crippen MR) is 110 cm³/mol. The summed E-state index contributed by atoms with van der Waals surface area (Å²) in [4.78, 5) is 35.5. The van der Waals surface area contributed by atoms with Crippen LogP contribution in [0.15, 0.2) is 41.4 Å². The number of ketones is 1. The zero-order valence-electron chi connectivity index (χ0n) is 16.8. The number of amides is 2. The van der Waals surface area contributed by atoms with Gasteiger partial charge in [0.1, 0.15) is 10.6 Å². The summed E-state index contributed by atoms with van der Waals surface area (Å²) in [5, 5.41) is 2.80. The lowest BCUT2D eigenvalue weighted by Crippen LogP contribution is -2.41. The molecule has 0 aliphatic carbocycles. The van der Waals surface area contributed by atoms with Gasteiger partial charge in [0.25, 0.3) is 5.91 Å². The maximum atomic E-state index is 12.9. The summed E-state index contributed by atoms with van der Waals surface area (Å²) >= 11 is 0. The van der Waals surface area contributed by atoms with Gasteiger partial charge in [-0.05, 0) is 38.0 Å². The maximum Gasteiger partial charge on any atom is 0.265 e. The third-order valence-electron chi connectivity index (χ3n) is 5.23. The van der Waals surface area contributed by atoms with Crippen LogP contribution in [-0.2, 0) is 21.9 Å². The van der Waals surface area contributed by atoms with Crippen molar-refractivity contribution in [3.05, 3.63) is 47.8 Å². The molecule has 1 aromatic heterocycles. The van der Waals surface area contributed by atoms with E-state index in [0.29, 0.717) is 24.1 Å². The van der Waals surface area contributed by atoms with Gasteiger partial charge in [-0.2, -0.15) is 4.31 Å². The number of rotatable bonds is 6. The standard InChI is InChI=1S/C20H24N4O5S/c1-13(25)15-4-3-5-16(10-15)22-20(27)14-6-8-24(9-7-14)30(28,29)17-11-18(19(21)26)23(2)12-17/h3-5,10-12,14H,6-9H2,1-2H3,(H2,21,26)(H,22,27). The van der Waals surface area contributed by atoms with Crippen LogP contribution in [0, 0.1) is 5.92 Å². The summed E-state index contributed by atoms with van der Waals surface area (Å²) < 4.78 is 28.4. The van der Waals surface area contributed by atoms with E-state index in [-0.39, 0.29) is 41.3 Å². The number of hydrogen-bond acceptors (Lipinski definition) is 5. The van der Waals surface area contributed by atoms with E-state index in [1.807, 2.05) is 0 Å². The fourth-order valence-corrected chi connectivity index (χ4v) is 5.03. The van der Waals surface area contributed by atoms with Crippen LogP contribution in [0.25, 0.3) is 0 Å². The number of anilines is 1. The molecule has 2 amide bonds. The molecule has 1 aromatic carbocycles. The Morgan fingerprint density at radius 1 is 1.13 bits per heavy atom. The number of benzene rings is 1. The van der Waals surface area contributed by atoms with E-state index in [2.05, 4.69) is 5.32 Å². The number of sulfonamides is 1. The van der Waals surface area contributed by atoms with Gasteiger partial charge in [-0.15, -0.1) is 0 Å². The molecule has 3 N–H and O–H groups in total. The summed E-state index contributed by atoms with van der Waals surface area (Å²) in [6, 6.07) is 7.95. The molecule has 0 saturated carbocycles. The van der Waals surface area contributed by atoms with Crippen molar-refractivity contribution >= 4 is 33.3 Å². The van der Waals surface area contributed by atoms with E-state index >= 15 is 0 Å². The highest BCUT2D eigenvalue weighted by Crippen LogP contribution is 2.26. The fraction of sp³-hybridized carbons (Fsp3) is 0.350. The Kier molecular flexibility index (Phi) is 6.09. The van der Waals surface area contributed by atoms with Crippen LogP contribution in [0.1, 0.15) is 40.6 Å². The minimum absolute atomic E-state index is 0.00255. The zero-order valence-corrected chi connectivity index (χ0v) is 17.6. The van der Waals surface area contributed by atoms with E-state index < -0.39 is 15.9 Å². The smallest absolute Gasteiger partial charge is 0.265 e. The largest absolute Gasteiger partial charge is 0.364 e. The van der Waals surface area contributed by atoms with Gasteiger partial charge in [0.05, 0.1) is 0 Å². The van der Waals surface area contributed by atoms with Crippen molar-refractivity contribution in [1.29, 1.82) is 0 Å². The number of nitrogens with two attached hydrogens (primary N) is 1. The van der Waals surface area contributed by atoms with Crippen molar-refractivity contribution in [3.63, 3.8) is 0 Å². The van der Waals surface area contributed by atoms with E-state index in [4.69, 9.17) is 5.73 Å². The van der Waals surface area contributed by atoms with Crippen LogP contribution in [-0.4, -0.2) is 48.0 Å². The highest BCUT2D eigenvalue weighted by atomic mass is 32.2. The number of Topliss-reactive ketones (excluding diaryl/α,β-unsaturated/α-hetero) is 1. The van der Waals surface area contributed by atoms with Crippen LogP contribution in [0.3, 0.4) is 0 Å². The Hall–Kier alpha value is -2.98. The molecule has 160 valence electrons. The van der Waals surface area contributed by atoms with Crippen LogP contribution in [0.2, 0.25) is 0 Å². The highest BCUT2D eigenvalue weighted by molar-refractivity contribution is 7.89. The number of piperidine rings is 1. The molecular weight excluding hydrogens is 408 g/mol. The molecule has 1 aliphatic heterocycles. The summed E-state index contributed by atoms with van der Waals surface area (Å²) in [6.07, 6.45) is 2.09. The minimum Gasteiger partial charge on any atom is -0.364 e. The number of primary amides is 1. The zero-order chi connectivity index (χ0) is 22.1. The van der Waals surface area contributed by atoms with Crippen LogP contribution < -0.4 is 11.1 Å². The van der Waals surface area contributed by atoms with Gasteiger partial charge in [-0.25, -0.2) is 8.42 Å². The first kappa shape index (κ1) is 21.7. The van der Waals surface area contributed by atoms with Crippen LogP contribution >= 0.6 is 0 Å². The number of hydrogen-bond donors (Lipinski definition) is 2. The first-order chi connectivity index (χ1) is 14.1. The molecule has 1 fully saturated rings. The Bertz CT molecular complexity index is 1100. The maximum absolute atomic E-state index is 12.9. The Morgan fingerprint density at radius 3 is 2.37 bits per heavy atom. The van der Waals surface area contributed by atoms with Gasteiger partial charge in [0, 0.05) is 43.5 Å². The minimum atomic E-state index is -3.78.